The number of pyridine rings is 1. The molecule has 3 aromatic rings. The molecule has 1 aliphatic rings. The van der Waals surface area contributed by atoms with Gasteiger partial charge in [-0.1, -0.05) is 12.1 Å². The maximum absolute atomic E-state index is 13.1. The summed E-state index contributed by atoms with van der Waals surface area (Å²) in [6.07, 6.45) is -3.54. The number of halogens is 4. The van der Waals surface area contributed by atoms with Crippen LogP contribution in [-0.2, 0) is 19.3 Å². The number of nitrogens with one attached hydrogen (secondary N) is 1. The third-order valence-corrected chi connectivity index (χ3v) is 4.81. The fourth-order valence-corrected chi connectivity index (χ4v) is 3.38. The average Bonchev–Trinajstić information content (AvgIpc) is 2.97. The second-order valence-electron chi connectivity index (χ2n) is 6.78. The van der Waals surface area contributed by atoms with Gasteiger partial charge in [-0.2, -0.15) is 23.5 Å². The standard InChI is InChI=1S/C20H17F3N6.ClH/c21-20(22,23)13-4-1-3-12(7-13)17-9-15(16(10-24)19(25)27-17)18-8-14-11-26-5-2-6-29(14)28-18;/h1,3-4,7-9,26H,2,5-6,11H2,(H2,25,27);1H. The Balaban J connectivity index is 0.00000256. The van der Waals surface area contributed by atoms with Crippen molar-refractivity contribution in [2.45, 2.75) is 25.7 Å². The number of aryl methyl sites for hydroxylation is 1. The van der Waals surface area contributed by atoms with Crippen LogP contribution in [0.5, 0.6) is 0 Å². The molecule has 0 atom stereocenters. The molecular formula is C20H18ClF3N6. The lowest BCUT2D eigenvalue weighted by atomic mass is 10.0. The number of hydrogen-bond donors (Lipinski definition) is 2. The van der Waals surface area contributed by atoms with Crippen LogP contribution in [0.1, 0.15) is 23.2 Å². The molecule has 3 N–H and O–H groups in total. The molecule has 0 amide bonds. The quantitative estimate of drug-likeness (QED) is 0.636. The highest BCUT2D eigenvalue weighted by molar-refractivity contribution is 5.85. The normalized spacial score (nSPS) is 13.7. The van der Waals surface area contributed by atoms with Gasteiger partial charge in [-0.15, -0.1) is 12.4 Å². The molecule has 2 aromatic heterocycles. The van der Waals surface area contributed by atoms with Crippen LogP contribution in [0.2, 0.25) is 0 Å². The smallest absolute Gasteiger partial charge is 0.383 e. The third-order valence-electron chi connectivity index (χ3n) is 4.81. The molecule has 0 radical (unpaired) electrons. The van der Waals surface area contributed by atoms with Crippen LogP contribution >= 0.6 is 12.4 Å². The first-order valence-electron chi connectivity index (χ1n) is 9.03. The van der Waals surface area contributed by atoms with Crippen LogP contribution in [0.15, 0.2) is 36.4 Å². The number of anilines is 1. The van der Waals surface area contributed by atoms with Crippen molar-refractivity contribution in [2.24, 2.45) is 0 Å². The van der Waals surface area contributed by atoms with Crippen LogP contribution in [0.25, 0.3) is 22.5 Å². The average molecular weight is 435 g/mol. The molecule has 0 aliphatic carbocycles. The molecule has 0 spiro atoms. The molecule has 6 nitrogen and oxygen atoms in total. The van der Waals surface area contributed by atoms with E-state index in [2.05, 4.69) is 15.4 Å². The summed E-state index contributed by atoms with van der Waals surface area (Å²) in [6, 6.07) is 10.3. The van der Waals surface area contributed by atoms with Gasteiger partial charge in [0.05, 0.1) is 22.6 Å². The fourth-order valence-electron chi connectivity index (χ4n) is 3.38. The zero-order valence-corrected chi connectivity index (χ0v) is 16.5. The number of nitriles is 1. The van der Waals surface area contributed by atoms with E-state index in [1.807, 2.05) is 16.8 Å². The lowest BCUT2D eigenvalue weighted by Gasteiger charge is -2.11. The monoisotopic (exact) mass is 434 g/mol. The van der Waals surface area contributed by atoms with E-state index >= 15 is 0 Å². The molecule has 0 saturated carbocycles. The molecular weight excluding hydrogens is 417 g/mol. The number of hydrogen-bond acceptors (Lipinski definition) is 5. The minimum atomic E-state index is -4.47. The highest BCUT2D eigenvalue weighted by Gasteiger charge is 2.30. The van der Waals surface area contributed by atoms with Gasteiger partial charge >= 0.3 is 6.18 Å². The molecule has 0 saturated heterocycles. The summed E-state index contributed by atoms with van der Waals surface area (Å²) in [5.41, 5.74) is 7.84. The van der Waals surface area contributed by atoms with E-state index in [1.165, 1.54) is 12.1 Å². The highest BCUT2D eigenvalue weighted by Crippen LogP contribution is 2.34. The second kappa shape index (κ2) is 8.34. The SMILES string of the molecule is Cl.N#Cc1c(-c2cc3n(n2)CCCNC3)cc(-c2cccc(C(F)(F)F)c2)nc1N. The zero-order valence-electron chi connectivity index (χ0n) is 15.7. The molecule has 4 rings (SSSR count). The highest BCUT2D eigenvalue weighted by atomic mass is 35.5. The van der Waals surface area contributed by atoms with Crippen LogP contribution in [0.4, 0.5) is 19.0 Å². The van der Waals surface area contributed by atoms with Crippen LogP contribution < -0.4 is 11.1 Å². The van der Waals surface area contributed by atoms with Gasteiger partial charge in [-0.3, -0.25) is 4.68 Å². The van der Waals surface area contributed by atoms with E-state index < -0.39 is 11.7 Å². The van der Waals surface area contributed by atoms with E-state index in [-0.39, 0.29) is 35.0 Å². The molecule has 3 heterocycles. The van der Waals surface area contributed by atoms with Crippen molar-refractivity contribution in [1.29, 1.82) is 5.26 Å². The maximum Gasteiger partial charge on any atom is 0.416 e. The summed E-state index contributed by atoms with van der Waals surface area (Å²) in [6.45, 7) is 2.28. The van der Waals surface area contributed by atoms with Crippen molar-refractivity contribution in [3.63, 3.8) is 0 Å². The molecule has 0 unspecified atom stereocenters. The van der Waals surface area contributed by atoms with Crippen molar-refractivity contribution in [2.75, 3.05) is 12.3 Å². The van der Waals surface area contributed by atoms with E-state index in [4.69, 9.17) is 5.73 Å². The van der Waals surface area contributed by atoms with E-state index in [9.17, 15) is 18.4 Å². The predicted octanol–water partition coefficient (Wildman–Crippen LogP) is 4.00. The summed E-state index contributed by atoms with van der Waals surface area (Å²) in [5.74, 6) is -0.0428. The summed E-state index contributed by atoms with van der Waals surface area (Å²) in [5, 5.41) is 17.4. The largest absolute Gasteiger partial charge is 0.416 e. The Hall–Kier alpha value is -3.09. The first-order valence-corrected chi connectivity index (χ1v) is 9.03. The number of nitrogen functional groups attached to an aromatic ring is 1. The fraction of sp³-hybridized carbons (Fsp3) is 0.250. The Morgan fingerprint density at radius 2 is 1.97 bits per heavy atom. The lowest BCUT2D eigenvalue weighted by Crippen LogP contribution is -2.11. The van der Waals surface area contributed by atoms with Gasteiger partial charge in [-0.25, -0.2) is 4.98 Å². The Labute approximate surface area is 176 Å². The van der Waals surface area contributed by atoms with Crippen molar-refractivity contribution in [3.8, 4) is 28.6 Å². The third kappa shape index (κ3) is 4.10. The minimum Gasteiger partial charge on any atom is -0.383 e. The van der Waals surface area contributed by atoms with Gasteiger partial charge in [0.25, 0.3) is 0 Å². The lowest BCUT2D eigenvalue weighted by molar-refractivity contribution is -0.137. The zero-order chi connectivity index (χ0) is 20.6. The van der Waals surface area contributed by atoms with Crippen LogP contribution in [0.3, 0.4) is 0 Å². The first-order chi connectivity index (χ1) is 13.9. The van der Waals surface area contributed by atoms with Crippen LogP contribution in [-0.4, -0.2) is 21.3 Å². The van der Waals surface area contributed by atoms with E-state index in [1.54, 1.807) is 6.07 Å². The van der Waals surface area contributed by atoms with Gasteiger partial charge in [0.2, 0.25) is 0 Å². The first kappa shape index (κ1) is 21.6. The molecule has 0 bridgehead atoms. The summed E-state index contributed by atoms with van der Waals surface area (Å²) in [7, 11) is 0. The Kier molecular flexibility index (Phi) is 6.01. The van der Waals surface area contributed by atoms with Crippen molar-refractivity contribution in [3.05, 3.63) is 53.2 Å². The predicted molar refractivity (Wildman–Crippen MR) is 109 cm³/mol. The Morgan fingerprint density at radius 3 is 2.70 bits per heavy atom. The van der Waals surface area contributed by atoms with Crippen molar-refractivity contribution < 1.29 is 13.2 Å². The number of nitrogens with two attached hydrogens (primary N) is 1. The summed E-state index contributed by atoms with van der Waals surface area (Å²) < 4.78 is 41.1. The molecule has 156 valence electrons. The molecule has 10 heteroatoms. The van der Waals surface area contributed by atoms with Gasteiger partial charge in [0.15, 0.2) is 0 Å². The van der Waals surface area contributed by atoms with Gasteiger partial charge in [0.1, 0.15) is 17.5 Å². The maximum atomic E-state index is 13.1. The molecule has 1 aromatic carbocycles. The second-order valence-corrected chi connectivity index (χ2v) is 6.78. The number of aromatic nitrogens is 3. The number of benzene rings is 1. The number of alkyl halides is 3. The Morgan fingerprint density at radius 1 is 1.17 bits per heavy atom. The van der Waals surface area contributed by atoms with Crippen molar-refractivity contribution >= 4 is 18.2 Å². The minimum absolute atomic E-state index is 0. The Bertz CT molecular complexity index is 1090. The molecule has 0 fully saturated rings. The summed E-state index contributed by atoms with van der Waals surface area (Å²) in [4.78, 5) is 4.16. The van der Waals surface area contributed by atoms with Crippen molar-refractivity contribution in [1.82, 2.24) is 20.1 Å². The van der Waals surface area contributed by atoms with Gasteiger partial charge in [-0.05, 0) is 37.2 Å². The van der Waals surface area contributed by atoms with E-state index in [0.717, 1.165) is 37.3 Å². The molecule has 1 aliphatic heterocycles. The van der Waals surface area contributed by atoms with E-state index in [0.29, 0.717) is 17.8 Å². The van der Waals surface area contributed by atoms with Gasteiger partial charge < -0.3 is 11.1 Å². The topological polar surface area (TPSA) is 92.5 Å². The number of nitrogens with zero attached hydrogens (tertiary/aromatic N) is 4. The summed E-state index contributed by atoms with van der Waals surface area (Å²) >= 11 is 0. The number of rotatable bonds is 2. The van der Waals surface area contributed by atoms with Crippen LogP contribution in [0, 0.1) is 11.3 Å². The van der Waals surface area contributed by atoms with Gasteiger partial charge in [0, 0.05) is 24.2 Å². The number of fused-ring (bicyclic) bond motifs is 1. The molecule has 30 heavy (non-hydrogen) atoms.